The molecule has 0 amide bonds. The molecule has 1 atom stereocenters. The van der Waals surface area contributed by atoms with Gasteiger partial charge in [0.15, 0.2) is 6.10 Å². The molecule has 0 radical (unpaired) electrons. The molecule has 0 rings (SSSR count). The smallest absolute Gasteiger partial charge is 0.306 e. The fourth-order valence-corrected chi connectivity index (χ4v) is 7.87. The van der Waals surface area contributed by atoms with E-state index in [0.29, 0.717) is 19.4 Å². The van der Waals surface area contributed by atoms with Gasteiger partial charge in [-0.2, -0.15) is 0 Å². The summed E-state index contributed by atoms with van der Waals surface area (Å²) in [6.45, 7) is 7.70. The first-order valence-electron chi connectivity index (χ1n) is 27.8. The quantitative estimate of drug-likeness (QED) is 0.0346. The van der Waals surface area contributed by atoms with Crippen molar-refractivity contribution in [3.05, 3.63) is 60.8 Å². The van der Waals surface area contributed by atoms with E-state index in [-0.39, 0.29) is 25.2 Å². The van der Waals surface area contributed by atoms with Crippen LogP contribution in [0.1, 0.15) is 278 Å². The first-order chi connectivity index (χ1) is 31.6. The molecule has 64 heavy (non-hydrogen) atoms. The standard InChI is InChI=1S/C59H106O5/c1-4-7-10-13-16-19-22-25-28-29-30-31-33-34-37-40-43-46-49-52-58(60)63-56-57(55-62-54-51-48-45-42-39-36-27-24-21-18-15-12-9-6-3)64-59(61)53-50-47-44-41-38-35-32-26-23-20-17-14-11-8-5-2/h8,11,17,20-21,24-26,28,32,57H,4-7,9-10,12-16,18-19,22-23,27,29-31,33-56H2,1-3H3/b11-8-,20-17-,24-21-,28-25-,32-26-. The number of esters is 2. The summed E-state index contributed by atoms with van der Waals surface area (Å²) in [4.78, 5) is 25.5. The van der Waals surface area contributed by atoms with Crippen LogP contribution in [0.2, 0.25) is 0 Å². The molecule has 0 spiro atoms. The van der Waals surface area contributed by atoms with Gasteiger partial charge in [-0.05, 0) is 103 Å². The second-order valence-electron chi connectivity index (χ2n) is 18.4. The maximum absolute atomic E-state index is 12.8. The van der Waals surface area contributed by atoms with Crippen molar-refractivity contribution in [3.63, 3.8) is 0 Å². The maximum atomic E-state index is 12.8. The molecule has 0 fully saturated rings. The van der Waals surface area contributed by atoms with Crippen molar-refractivity contribution in [2.24, 2.45) is 0 Å². The number of hydrogen-bond donors (Lipinski definition) is 0. The molecule has 0 saturated carbocycles. The lowest BCUT2D eigenvalue weighted by molar-refractivity contribution is -0.163. The van der Waals surface area contributed by atoms with Crippen LogP contribution < -0.4 is 0 Å². The van der Waals surface area contributed by atoms with Crippen LogP contribution in [0.4, 0.5) is 0 Å². The van der Waals surface area contributed by atoms with Crippen molar-refractivity contribution < 1.29 is 23.8 Å². The minimum Gasteiger partial charge on any atom is -0.462 e. The summed E-state index contributed by atoms with van der Waals surface area (Å²) in [5.41, 5.74) is 0. The number of rotatable bonds is 51. The number of allylic oxidation sites excluding steroid dienone is 10. The van der Waals surface area contributed by atoms with Gasteiger partial charge in [0.25, 0.3) is 0 Å². The van der Waals surface area contributed by atoms with E-state index >= 15 is 0 Å². The van der Waals surface area contributed by atoms with Crippen LogP contribution in [-0.4, -0.2) is 37.9 Å². The molecule has 5 nitrogen and oxygen atoms in total. The van der Waals surface area contributed by atoms with E-state index in [1.807, 2.05) is 0 Å². The van der Waals surface area contributed by atoms with Crippen molar-refractivity contribution in [3.8, 4) is 0 Å². The lowest BCUT2D eigenvalue weighted by Gasteiger charge is -2.18. The first kappa shape index (κ1) is 61.6. The molecular formula is C59H106O5. The molecule has 0 aliphatic heterocycles. The van der Waals surface area contributed by atoms with Crippen LogP contribution in [0.3, 0.4) is 0 Å². The third-order valence-corrected chi connectivity index (χ3v) is 12.0. The summed E-state index contributed by atoms with van der Waals surface area (Å²) >= 11 is 0. The van der Waals surface area contributed by atoms with Gasteiger partial charge >= 0.3 is 11.9 Å². The molecule has 0 aromatic heterocycles. The van der Waals surface area contributed by atoms with Gasteiger partial charge in [0.2, 0.25) is 0 Å². The van der Waals surface area contributed by atoms with E-state index < -0.39 is 6.10 Å². The number of unbranched alkanes of at least 4 members (excludes halogenated alkanes) is 30. The van der Waals surface area contributed by atoms with E-state index in [4.69, 9.17) is 14.2 Å². The van der Waals surface area contributed by atoms with E-state index in [2.05, 4.69) is 81.5 Å². The van der Waals surface area contributed by atoms with Crippen LogP contribution in [-0.2, 0) is 23.8 Å². The zero-order chi connectivity index (χ0) is 46.3. The van der Waals surface area contributed by atoms with Crippen LogP contribution in [0.5, 0.6) is 0 Å². The van der Waals surface area contributed by atoms with Crippen molar-refractivity contribution in [1.29, 1.82) is 0 Å². The molecule has 1 unspecified atom stereocenters. The molecule has 0 aliphatic carbocycles. The summed E-state index contributed by atoms with van der Waals surface area (Å²) < 4.78 is 17.4. The predicted octanol–water partition coefficient (Wildman–Crippen LogP) is 18.9. The predicted molar refractivity (Wildman–Crippen MR) is 279 cm³/mol. The normalized spacial score (nSPS) is 12.6. The molecule has 0 saturated heterocycles. The molecule has 0 heterocycles. The molecule has 5 heteroatoms. The summed E-state index contributed by atoms with van der Waals surface area (Å²) in [5, 5.41) is 0. The SMILES string of the molecule is CC/C=C\C/C=C\C/C=C\CCCCCCCC(=O)OC(COCCCCCCCC/C=C\CCCCCC)COC(=O)CCCCCCCCCCC/C=C\CCCCCCCC. The van der Waals surface area contributed by atoms with Gasteiger partial charge in [0, 0.05) is 19.4 Å². The van der Waals surface area contributed by atoms with Crippen LogP contribution >= 0.6 is 0 Å². The van der Waals surface area contributed by atoms with E-state index in [1.165, 1.54) is 173 Å². The Morgan fingerprint density at radius 2 is 0.703 bits per heavy atom. The second-order valence-corrected chi connectivity index (χ2v) is 18.4. The summed E-state index contributed by atoms with van der Waals surface area (Å²) in [7, 11) is 0. The number of carbonyl (C=O) groups is 2. The van der Waals surface area contributed by atoms with Gasteiger partial charge in [0.05, 0.1) is 6.61 Å². The van der Waals surface area contributed by atoms with E-state index in [0.717, 1.165) is 70.6 Å². The summed E-state index contributed by atoms with van der Waals surface area (Å²) in [5.74, 6) is -0.413. The molecular weight excluding hydrogens is 789 g/mol. The lowest BCUT2D eigenvalue weighted by Crippen LogP contribution is -2.30. The molecule has 0 bridgehead atoms. The minimum absolute atomic E-state index is 0.0753. The first-order valence-corrected chi connectivity index (χ1v) is 27.8. The van der Waals surface area contributed by atoms with Crippen LogP contribution in [0, 0.1) is 0 Å². The monoisotopic (exact) mass is 895 g/mol. The largest absolute Gasteiger partial charge is 0.462 e. The number of ether oxygens (including phenoxy) is 3. The molecule has 0 N–H and O–H groups in total. The Morgan fingerprint density at radius 1 is 0.359 bits per heavy atom. The van der Waals surface area contributed by atoms with Crippen molar-refractivity contribution in [1.82, 2.24) is 0 Å². The third-order valence-electron chi connectivity index (χ3n) is 12.0. The lowest BCUT2D eigenvalue weighted by atomic mass is 10.1. The van der Waals surface area contributed by atoms with Crippen LogP contribution in [0.15, 0.2) is 60.8 Å². The maximum Gasteiger partial charge on any atom is 0.306 e. The van der Waals surface area contributed by atoms with Gasteiger partial charge in [-0.25, -0.2) is 0 Å². The highest BCUT2D eigenvalue weighted by atomic mass is 16.6. The number of hydrogen-bond acceptors (Lipinski definition) is 5. The number of carbonyl (C=O) groups excluding carboxylic acids is 2. The molecule has 372 valence electrons. The van der Waals surface area contributed by atoms with Gasteiger partial charge < -0.3 is 14.2 Å². The average Bonchev–Trinajstić information content (AvgIpc) is 3.30. The minimum atomic E-state index is -0.549. The molecule has 0 aliphatic rings. The zero-order valence-corrected chi connectivity index (χ0v) is 42.8. The van der Waals surface area contributed by atoms with Gasteiger partial charge in [-0.3, -0.25) is 9.59 Å². The Bertz CT molecular complexity index is 1100. The fraction of sp³-hybridized carbons (Fsp3) is 0.797. The van der Waals surface area contributed by atoms with Gasteiger partial charge in [-0.15, -0.1) is 0 Å². The highest BCUT2D eigenvalue weighted by Crippen LogP contribution is 2.15. The highest BCUT2D eigenvalue weighted by molar-refractivity contribution is 5.70. The van der Waals surface area contributed by atoms with Gasteiger partial charge in [0.1, 0.15) is 6.61 Å². The Labute approximate surface area is 398 Å². The van der Waals surface area contributed by atoms with Crippen molar-refractivity contribution in [2.75, 3.05) is 19.8 Å². The van der Waals surface area contributed by atoms with E-state index in [1.54, 1.807) is 0 Å². The molecule has 0 aromatic carbocycles. The average molecular weight is 895 g/mol. The van der Waals surface area contributed by atoms with E-state index in [9.17, 15) is 9.59 Å². The Hall–Kier alpha value is -2.40. The second kappa shape index (κ2) is 54.9. The van der Waals surface area contributed by atoms with Gasteiger partial charge in [-0.1, -0.05) is 223 Å². The van der Waals surface area contributed by atoms with Crippen LogP contribution in [0.25, 0.3) is 0 Å². The Morgan fingerprint density at radius 3 is 1.16 bits per heavy atom. The topological polar surface area (TPSA) is 61.8 Å². The zero-order valence-electron chi connectivity index (χ0n) is 42.8. The van der Waals surface area contributed by atoms with Crippen molar-refractivity contribution >= 4 is 11.9 Å². The molecule has 0 aromatic rings. The van der Waals surface area contributed by atoms with Crippen molar-refractivity contribution in [2.45, 2.75) is 284 Å². The fourth-order valence-electron chi connectivity index (χ4n) is 7.87. The summed E-state index contributed by atoms with van der Waals surface area (Å²) in [6, 6.07) is 0. The Balaban J connectivity index is 4.26. The Kier molecular flexibility index (Phi) is 52.9. The highest BCUT2D eigenvalue weighted by Gasteiger charge is 2.17. The summed E-state index contributed by atoms with van der Waals surface area (Å²) in [6.07, 6.45) is 69.5. The third kappa shape index (κ3) is 52.2.